The SMILES string of the molecule is Cc1nc(C(C)C)[nH]c(=O)c1C(=O)N[C@H]1CCCC[C@@H]1O. The Bertz CT molecular complexity index is 580. The van der Waals surface area contributed by atoms with Crippen molar-refractivity contribution < 1.29 is 9.90 Å². The second-order valence-corrected chi connectivity index (χ2v) is 6.00. The molecule has 0 aliphatic heterocycles. The van der Waals surface area contributed by atoms with Crippen LogP contribution in [0.3, 0.4) is 0 Å². The summed E-state index contributed by atoms with van der Waals surface area (Å²) in [4.78, 5) is 31.4. The van der Waals surface area contributed by atoms with Crippen LogP contribution in [0.25, 0.3) is 0 Å². The van der Waals surface area contributed by atoms with Gasteiger partial charge in [-0.2, -0.15) is 0 Å². The molecule has 0 bridgehead atoms. The Hall–Kier alpha value is -1.69. The van der Waals surface area contributed by atoms with Crippen LogP contribution in [-0.2, 0) is 0 Å². The summed E-state index contributed by atoms with van der Waals surface area (Å²) in [5.74, 6) is 0.211. The molecule has 1 aliphatic rings. The maximum atomic E-state index is 12.3. The van der Waals surface area contributed by atoms with Gasteiger partial charge in [-0.3, -0.25) is 9.59 Å². The number of nitrogens with one attached hydrogen (secondary N) is 2. The van der Waals surface area contributed by atoms with Crippen LogP contribution in [0.4, 0.5) is 0 Å². The smallest absolute Gasteiger partial charge is 0.264 e. The summed E-state index contributed by atoms with van der Waals surface area (Å²) >= 11 is 0. The number of aliphatic hydroxyl groups excluding tert-OH is 1. The predicted molar refractivity (Wildman–Crippen MR) is 79.4 cm³/mol. The molecule has 1 heterocycles. The van der Waals surface area contributed by atoms with E-state index in [4.69, 9.17) is 0 Å². The number of carbonyl (C=O) groups is 1. The Labute approximate surface area is 124 Å². The Morgan fingerprint density at radius 1 is 1.38 bits per heavy atom. The molecule has 3 N–H and O–H groups in total. The topological polar surface area (TPSA) is 95.1 Å². The molecule has 1 fully saturated rings. The van der Waals surface area contributed by atoms with Crippen LogP contribution in [0.1, 0.15) is 67.3 Å². The van der Waals surface area contributed by atoms with E-state index >= 15 is 0 Å². The molecule has 116 valence electrons. The summed E-state index contributed by atoms with van der Waals surface area (Å²) in [5.41, 5.74) is 0.0384. The van der Waals surface area contributed by atoms with Gasteiger partial charge in [0.15, 0.2) is 0 Å². The van der Waals surface area contributed by atoms with Gasteiger partial charge in [0.25, 0.3) is 11.5 Å². The van der Waals surface area contributed by atoms with Gasteiger partial charge < -0.3 is 15.4 Å². The van der Waals surface area contributed by atoms with Crippen LogP contribution in [0.15, 0.2) is 4.79 Å². The highest BCUT2D eigenvalue weighted by atomic mass is 16.3. The van der Waals surface area contributed by atoms with Gasteiger partial charge in [0.05, 0.1) is 17.8 Å². The van der Waals surface area contributed by atoms with E-state index in [2.05, 4.69) is 15.3 Å². The molecule has 0 saturated heterocycles. The standard InChI is InChI=1S/C15H23N3O3/c1-8(2)13-16-9(3)12(15(21)18-13)14(20)17-10-6-4-5-7-11(10)19/h8,10-11,19H,4-7H2,1-3H3,(H,17,20)(H,16,18,21)/t10-,11-/m0/s1. The fourth-order valence-corrected chi connectivity index (χ4v) is 2.67. The fraction of sp³-hybridized carbons (Fsp3) is 0.667. The van der Waals surface area contributed by atoms with Crippen LogP contribution in [0.2, 0.25) is 0 Å². The van der Waals surface area contributed by atoms with E-state index < -0.39 is 17.6 Å². The Balaban J connectivity index is 2.21. The summed E-state index contributed by atoms with van der Waals surface area (Å²) in [5, 5.41) is 12.7. The average molecular weight is 293 g/mol. The molecule has 6 nitrogen and oxygen atoms in total. The summed E-state index contributed by atoms with van der Waals surface area (Å²) in [6.45, 7) is 5.51. The maximum absolute atomic E-state index is 12.3. The quantitative estimate of drug-likeness (QED) is 0.781. The molecular formula is C15H23N3O3. The highest BCUT2D eigenvalue weighted by Gasteiger charge is 2.26. The number of aryl methyl sites for hydroxylation is 1. The van der Waals surface area contributed by atoms with E-state index in [0.29, 0.717) is 17.9 Å². The third-order valence-electron chi connectivity index (χ3n) is 3.94. The third-order valence-corrected chi connectivity index (χ3v) is 3.94. The van der Waals surface area contributed by atoms with E-state index in [-0.39, 0.29) is 17.5 Å². The maximum Gasteiger partial charge on any atom is 0.264 e. The van der Waals surface area contributed by atoms with E-state index in [1.54, 1.807) is 6.92 Å². The van der Waals surface area contributed by atoms with Gasteiger partial charge >= 0.3 is 0 Å². The molecule has 1 aromatic rings. The van der Waals surface area contributed by atoms with Gasteiger partial charge in [-0.25, -0.2) is 4.98 Å². The van der Waals surface area contributed by atoms with Crippen molar-refractivity contribution in [3.8, 4) is 0 Å². The van der Waals surface area contributed by atoms with Crippen molar-refractivity contribution in [1.82, 2.24) is 15.3 Å². The summed E-state index contributed by atoms with van der Waals surface area (Å²) in [6, 6.07) is -0.283. The third kappa shape index (κ3) is 3.50. The molecule has 1 saturated carbocycles. The first-order valence-corrected chi connectivity index (χ1v) is 7.50. The number of hydrogen-bond acceptors (Lipinski definition) is 4. The number of rotatable bonds is 3. The minimum Gasteiger partial charge on any atom is -0.391 e. The van der Waals surface area contributed by atoms with Gasteiger partial charge in [-0.1, -0.05) is 26.7 Å². The molecule has 21 heavy (non-hydrogen) atoms. The lowest BCUT2D eigenvalue weighted by Gasteiger charge is -2.28. The number of aromatic amines is 1. The molecule has 0 unspecified atom stereocenters. The molecule has 2 rings (SSSR count). The van der Waals surface area contributed by atoms with Gasteiger partial charge in [0.1, 0.15) is 11.4 Å². The van der Waals surface area contributed by atoms with Crippen LogP contribution in [0, 0.1) is 6.92 Å². The number of hydrogen-bond donors (Lipinski definition) is 3. The molecule has 0 spiro atoms. The number of amides is 1. The minimum absolute atomic E-state index is 0.0390. The molecule has 2 atom stereocenters. The number of nitrogens with zero attached hydrogens (tertiary/aromatic N) is 1. The molecule has 6 heteroatoms. The highest BCUT2D eigenvalue weighted by molar-refractivity contribution is 5.95. The normalized spacial score (nSPS) is 22.3. The van der Waals surface area contributed by atoms with Crippen LogP contribution < -0.4 is 10.9 Å². The average Bonchev–Trinajstić information content (AvgIpc) is 2.40. The van der Waals surface area contributed by atoms with E-state index in [0.717, 1.165) is 19.3 Å². The van der Waals surface area contributed by atoms with Crippen molar-refractivity contribution in [2.75, 3.05) is 0 Å². The van der Waals surface area contributed by atoms with E-state index in [9.17, 15) is 14.7 Å². The van der Waals surface area contributed by atoms with E-state index in [1.165, 1.54) is 0 Å². The Kier molecular flexibility index (Phi) is 4.77. The Morgan fingerprint density at radius 3 is 2.62 bits per heavy atom. The van der Waals surface area contributed by atoms with Gasteiger partial charge in [0, 0.05) is 5.92 Å². The lowest BCUT2D eigenvalue weighted by atomic mass is 9.92. The molecular weight excluding hydrogens is 270 g/mol. The highest BCUT2D eigenvalue weighted by Crippen LogP contribution is 2.18. The van der Waals surface area contributed by atoms with Crippen molar-refractivity contribution in [3.63, 3.8) is 0 Å². The second-order valence-electron chi connectivity index (χ2n) is 6.00. The molecule has 1 amide bonds. The Morgan fingerprint density at radius 2 is 2.05 bits per heavy atom. The van der Waals surface area contributed by atoms with Crippen LogP contribution >= 0.6 is 0 Å². The van der Waals surface area contributed by atoms with Gasteiger partial charge in [-0.05, 0) is 19.8 Å². The second kappa shape index (κ2) is 6.39. The van der Waals surface area contributed by atoms with Gasteiger partial charge in [0.2, 0.25) is 0 Å². The fourth-order valence-electron chi connectivity index (χ4n) is 2.67. The lowest BCUT2D eigenvalue weighted by Crippen LogP contribution is -2.46. The molecule has 1 aliphatic carbocycles. The zero-order valence-electron chi connectivity index (χ0n) is 12.8. The van der Waals surface area contributed by atoms with Crippen molar-refractivity contribution in [3.05, 3.63) is 27.4 Å². The number of H-pyrrole nitrogens is 1. The first-order valence-electron chi connectivity index (χ1n) is 7.50. The summed E-state index contributed by atoms with van der Waals surface area (Å²) < 4.78 is 0. The number of aliphatic hydroxyl groups is 1. The van der Waals surface area contributed by atoms with Crippen molar-refractivity contribution in [2.24, 2.45) is 0 Å². The number of aromatic nitrogens is 2. The van der Waals surface area contributed by atoms with E-state index in [1.807, 2.05) is 13.8 Å². The predicted octanol–water partition coefficient (Wildman–Crippen LogP) is 1.24. The van der Waals surface area contributed by atoms with Gasteiger partial charge in [-0.15, -0.1) is 0 Å². The molecule has 1 aromatic heterocycles. The zero-order valence-corrected chi connectivity index (χ0v) is 12.8. The monoisotopic (exact) mass is 293 g/mol. The molecule has 0 aromatic carbocycles. The zero-order chi connectivity index (χ0) is 15.6. The first-order chi connectivity index (χ1) is 9.90. The minimum atomic E-state index is -0.537. The van der Waals surface area contributed by atoms with Crippen molar-refractivity contribution in [1.29, 1.82) is 0 Å². The lowest BCUT2D eigenvalue weighted by molar-refractivity contribution is 0.0715. The largest absolute Gasteiger partial charge is 0.391 e. The summed E-state index contributed by atoms with van der Waals surface area (Å²) in [6.07, 6.45) is 2.83. The van der Waals surface area contributed by atoms with Crippen molar-refractivity contribution in [2.45, 2.75) is 64.5 Å². The first kappa shape index (κ1) is 15.7. The molecule has 0 radical (unpaired) electrons. The number of carbonyl (C=O) groups excluding carboxylic acids is 1. The van der Waals surface area contributed by atoms with Crippen molar-refractivity contribution >= 4 is 5.91 Å². The van der Waals surface area contributed by atoms with Crippen LogP contribution in [0.5, 0.6) is 0 Å². The van der Waals surface area contributed by atoms with Crippen LogP contribution in [-0.4, -0.2) is 33.1 Å². The summed E-state index contributed by atoms with van der Waals surface area (Å²) in [7, 11) is 0.